The molecule has 0 radical (unpaired) electrons. The van der Waals surface area contributed by atoms with Gasteiger partial charge in [-0.3, -0.25) is 0 Å². The number of benzene rings is 1. The van der Waals surface area contributed by atoms with Crippen molar-refractivity contribution in [3.05, 3.63) is 18.2 Å². The molecule has 1 aromatic carbocycles. The van der Waals surface area contributed by atoms with Crippen molar-refractivity contribution in [2.75, 3.05) is 38.2 Å². The molecule has 0 bridgehead atoms. The van der Waals surface area contributed by atoms with E-state index in [2.05, 4.69) is 0 Å². The Balaban J connectivity index is 2.09. The molecule has 2 N–H and O–H groups in total. The highest BCUT2D eigenvalue weighted by atomic mass is 16.5. The second kappa shape index (κ2) is 5.03. The van der Waals surface area contributed by atoms with E-state index in [1.807, 2.05) is 11.0 Å². The summed E-state index contributed by atoms with van der Waals surface area (Å²) in [5.41, 5.74) is 0.844. The number of rotatable bonds is 2. The summed E-state index contributed by atoms with van der Waals surface area (Å²) in [5.74, 6) is 0.732. The molecule has 1 aromatic rings. The lowest BCUT2D eigenvalue weighted by molar-refractivity contribution is 0.142. The van der Waals surface area contributed by atoms with E-state index in [4.69, 9.17) is 9.84 Å². The smallest absolute Gasteiger partial charge is 0.407 e. The van der Waals surface area contributed by atoms with Crippen LogP contribution in [0.15, 0.2) is 18.2 Å². The summed E-state index contributed by atoms with van der Waals surface area (Å²) in [6, 6.07) is 5.02. The number of phenols is 1. The normalized spacial score (nSPS) is 15.6. The maximum Gasteiger partial charge on any atom is 0.407 e. The van der Waals surface area contributed by atoms with Crippen molar-refractivity contribution >= 4 is 11.8 Å². The van der Waals surface area contributed by atoms with Gasteiger partial charge in [0.15, 0.2) is 0 Å². The monoisotopic (exact) mass is 252 g/mol. The zero-order chi connectivity index (χ0) is 13.1. The molecule has 1 heterocycles. The van der Waals surface area contributed by atoms with Gasteiger partial charge in [-0.2, -0.15) is 0 Å². The van der Waals surface area contributed by atoms with Crippen molar-refractivity contribution < 1.29 is 19.7 Å². The molecule has 1 fully saturated rings. The Bertz CT molecular complexity index is 442. The van der Waals surface area contributed by atoms with E-state index >= 15 is 0 Å². The number of nitrogens with zero attached hydrogens (tertiary/aromatic N) is 2. The first-order chi connectivity index (χ1) is 8.60. The Kier molecular flexibility index (Phi) is 3.45. The van der Waals surface area contributed by atoms with Gasteiger partial charge in [0, 0.05) is 50.1 Å². The van der Waals surface area contributed by atoms with Gasteiger partial charge in [-0.1, -0.05) is 0 Å². The second-order valence-electron chi connectivity index (χ2n) is 4.15. The van der Waals surface area contributed by atoms with Gasteiger partial charge in [0.1, 0.15) is 11.5 Å². The number of carbonyl (C=O) groups is 1. The molecule has 0 saturated carbocycles. The molecule has 98 valence electrons. The molecule has 0 aromatic heterocycles. The first-order valence-corrected chi connectivity index (χ1v) is 5.71. The van der Waals surface area contributed by atoms with Crippen LogP contribution in [0, 0.1) is 0 Å². The number of amides is 1. The van der Waals surface area contributed by atoms with Crippen LogP contribution in [0.3, 0.4) is 0 Å². The van der Waals surface area contributed by atoms with Gasteiger partial charge in [0.25, 0.3) is 0 Å². The molecule has 6 heteroatoms. The fourth-order valence-corrected chi connectivity index (χ4v) is 2.02. The fraction of sp³-hybridized carbons (Fsp3) is 0.417. The molecule has 1 amide bonds. The number of hydrogen-bond donors (Lipinski definition) is 2. The molecule has 0 spiro atoms. The van der Waals surface area contributed by atoms with E-state index in [1.54, 1.807) is 13.2 Å². The molecular formula is C12H16N2O4. The summed E-state index contributed by atoms with van der Waals surface area (Å²) in [6.45, 7) is 2.15. The van der Waals surface area contributed by atoms with Crippen LogP contribution in [0.2, 0.25) is 0 Å². The third-order valence-corrected chi connectivity index (χ3v) is 3.03. The molecule has 2 rings (SSSR count). The van der Waals surface area contributed by atoms with Crippen LogP contribution < -0.4 is 9.64 Å². The highest BCUT2D eigenvalue weighted by Crippen LogP contribution is 2.28. The average Bonchev–Trinajstić information content (AvgIpc) is 2.38. The van der Waals surface area contributed by atoms with Gasteiger partial charge in [-0.15, -0.1) is 0 Å². The van der Waals surface area contributed by atoms with Crippen molar-refractivity contribution in [1.29, 1.82) is 0 Å². The first kappa shape index (κ1) is 12.3. The van der Waals surface area contributed by atoms with Gasteiger partial charge in [0.2, 0.25) is 0 Å². The Hall–Kier alpha value is -2.11. The van der Waals surface area contributed by atoms with Gasteiger partial charge in [0.05, 0.1) is 7.11 Å². The highest BCUT2D eigenvalue weighted by molar-refractivity contribution is 5.65. The number of carboxylic acid groups (broad SMARTS) is 1. The number of phenolic OH excluding ortho intramolecular Hbond substituents is 1. The number of ether oxygens (including phenoxy) is 1. The van der Waals surface area contributed by atoms with Gasteiger partial charge in [-0.25, -0.2) is 4.79 Å². The van der Waals surface area contributed by atoms with E-state index in [0.717, 1.165) is 5.69 Å². The third-order valence-electron chi connectivity index (χ3n) is 3.03. The van der Waals surface area contributed by atoms with Crippen LogP contribution >= 0.6 is 0 Å². The average molecular weight is 252 g/mol. The van der Waals surface area contributed by atoms with Crippen molar-refractivity contribution in [1.82, 2.24) is 4.90 Å². The minimum atomic E-state index is -0.886. The number of anilines is 1. The summed E-state index contributed by atoms with van der Waals surface area (Å²) in [6.07, 6.45) is -0.886. The predicted octanol–water partition coefficient (Wildman–Crippen LogP) is 1.20. The lowest BCUT2D eigenvalue weighted by Gasteiger charge is -2.34. The lowest BCUT2D eigenvalue weighted by Crippen LogP contribution is -2.48. The topological polar surface area (TPSA) is 73.2 Å². The molecule has 0 atom stereocenters. The molecule has 1 aliphatic rings. The van der Waals surface area contributed by atoms with E-state index in [-0.39, 0.29) is 5.75 Å². The highest BCUT2D eigenvalue weighted by Gasteiger charge is 2.21. The summed E-state index contributed by atoms with van der Waals surface area (Å²) in [7, 11) is 1.54. The van der Waals surface area contributed by atoms with Crippen LogP contribution in [-0.4, -0.2) is 54.5 Å². The molecule has 6 nitrogen and oxygen atoms in total. The number of aromatic hydroxyl groups is 1. The van der Waals surface area contributed by atoms with Gasteiger partial charge in [-0.05, 0) is 0 Å². The standard InChI is InChI=1S/C12H16N2O4/c1-18-11-7-9(6-10(15)8-11)13-2-4-14(5-3-13)12(16)17/h6-8,15H,2-5H2,1H3,(H,16,17). The zero-order valence-corrected chi connectivity index (χ0v) is 10.2. The van der Waals surface area contributed by atoms with Crippen molar-refractivity contribution in [3.63, 3.8) is 0 Å². The maximum absolute atomic E-state index is 10.8. The molecular weight excluding hydrogens is 236 g/mol. The van der Waals surface area contributed by atoms with Crippen molar-refractivity contribution in [3.8, 4) is 11.5 Å². The Morgan fingerprint density at radius 3 is 2.44 bits per heavy atom. The Morgan fingerprint density at radius 2 is 1.89 bits per heavy atom. The van der Waals surface area contributed by atoms with Crippen LogP contribution in [0.4, 0.5) is 10.5 Å². The summed E-state index contributed by atoms with van der Waals surface area (Å²) >= 11 is 0. The molecule has 0 unspecified atom stereocenters. The molecule has 1 saturated heterocycles. The van der Waals surface area contributed by atoms with E-state index in [1.165, 1.54) is 11.0 Å². The maximum atomic E-state index is 10.8. The molecule has 0 aliphatic carbocycles. The van der Waals surface area contributed by atoms with Crippen LogP contribution in [0.25, 0.3) is 0 Å². The zero-order valence-electron chi connectivity index (χ0n) is 10.2. The quantitative estimate of drug-likeness (QED) is 0.827. The minimum absolute atomic E-state index is 0.144. The largest absolute Gasteiger partial charge is 0.508 e. The predicted molar refractivity (Wildman–Crippen MR) is 66.5 cm³/mol. The van der Waals surface area contributed by atoms with Crippen molar-refractivity contribution in [2.24, 2.45) is 0 Å². The lowest BCUT2D eigenvalue weighted by atomic mass is 10.2. The summed E-state index contributed by atoms with van der Waals surface area (Å²) < 4.78 is 5.09. The Labute approximate surface area is 105 Å². The van der Waals surface area contributed by atoms with E-state index in [9.17, 15) is 9.90 Å². The first-order valence-electron chi connectivity index (χ1n) is 5.71. The minimum Gasteiger partial charge on any atom is -0.508 e. The Morgan fingerprint density at radius 1 is 1.22 bits per heavy atom. The van der Waals surface area contributed by atoms with Crippen molar-refractivity contribution in [2.45, 2.75) is 0 Å². The molecule has 18 heavy (non-hydrogen) atoms. The second-order valence-corrected chi connectivity index (χ2v) is 4.15. The van der Waals surface area contributed by atoms with Crippen LogP contribution in [-0.2, 0) is 0 Å². The molecule has 1 aliphatic heterocycles. The van der Waals surface area contributed by atoms with Gasteiger partial charge < -0.3 is 24.7 Å². The number of methoxy groups -OCH3 is 1. The van der Waals surface area contributed by atoms with Crippen LogP contribution in [0.5, 0.6) is 11.5 Å². The number of piperazine rings is 1. The summed E-state index contributed by atoms with van der Waals surface area (Å²) in [5, 5.41) is 18.5. The van der Waals surface area contributed by atoms with E-state index < -0.39 is 6.09 Å². The van der Waals surface area contributed by atoms with Gasteiger partial charge >= 0.3 is 6.09 Å². The SMILES string of the molecule is COc1cc(O)cc(N2CCN(C(=O)O)CC2)c1. The van der Waals surface area contributed by atoms with Crippen LogP contribution in [0.1, 0.15) is 0 Å². The van der Waals surface area contributed by atoms with E-state index in [0.29, 0.717) is 31.9 Å². The third kappa shape index (κ3) is 2.58. The number of hydrogen-bond acceptors (Lipinski definition) is 4. The summed E-state index contributed by atoms with van der Waals surface area (Å²) in [4.78, 5) is 14.2. The fourth-order valence-electron chi connectivity index (χ4n) is 2.02.